The number of carbonyl (C=O) groups excluding carboxylic acids is 2. The Kier molecular flexibility index (Phi) is 7.61. The van der Waals surface area contributed by atoms with Gasteiger partial charge in [0.2, 0.25) is 0 Å². The van der Waals surface area contributed by atoms with Gasteiger partial charge in [-0.25, -0.2) is 4.39 Å². The zero-order valence-electron chi connectivity index (χ0n) is 14.6. The maximum atomic E-state index is 13.1. The van der Waals surface area contributed by atoms with Gasteiger partial charge in [0, 0.05) is 12.6 Å². The van der Waals surface area contributed by atoms with Crippen LogP contribution in [-0.2, 0) is 0 Å². The van der Waals surface area contributed by atoms with Gasteiger partial charge in [0.25, 0.3) is 11.8 Å². The summed E-state index contributed by atoms with van der Waals surface area (Å²) in [7, 11) is 0. The quantitative estimate of drug-likeness (QED) is 0.684. The van der Waals surface area contributed by atoms with Gasteiger partial charge in [-0.05, 0) is 56.1 Å². The Labute approximate surface area is 172 Å². The highest BCUT2D eigenvalue weighted by Gasteiger charge is 2.20. The smallest absolute Gasteiger partial charge is 0.261 e. The molecule has 1 atom stereocenters. The Morgan fingerprint density at radius 3 is 2.74 bits per heavy atom. The SMILES string of the molecule is Cc1cc(NC(=O)c2ccc(F)cc2Cl)sc1C(=O)N[C@H]1CCCNC1.Cl. The van der Waals surface area contributed by atoms with Crippen LogP contribution in [0.25, 0.3) is 0 Å². The van der Waals surface area contributed by atoms with E-state index >= 15 is 0 Å². The van der Waals surface area contributed by atoms with Gasteiger partial charge >= 0.3 is 0 Å². The number of benzene rings is 1. The highest BCUT2D eigenvalue weighted by atomic mass is 35.5. The molecule has 27 heavy (non-hydrogen) atoms. The van der Waals surface area contributed by atoms with Crippen molar-refractivity contribution in [2.75, 3.05) is 18.4 Å². The van der Waals surface area contributed by atoms with E-state index in [4.69, 9.17) is 11.6 Å². The van der Waals surface area contributed by atoms with Crippen molar-refractivity contribution >= 4 is 52.2 Å². The Morgan fingerprint density at radius 2 is 2.07 bits per heavy atom. The van der Waals surface area contributed by atoms with Crippen molar-refractivity contribution in [2.24, 2.45) is 0 Å². The number of hydrogen-bond donors (Lipinski definition) is 3. The van der Waals surface area contributed by atoms with Gasteiger partial charge in [-0.2, -0.15) is 0 Å². The standard InChI is InChI=1S/C18H19ClFN3O2S.ClH/c1-10-7-15(23-17(24)13-5-4-11(20)8-14(13)19)26-16(10)18(25)22-12-3-2-6-21-9-12;/h4-5,7-8,12,21H,2-3,6,9H2,1H3,(H,22,25)(H,23,24);1H/t12-;/m0./s1. The second-order valence-electron chi connectivity index (χ2n) is 6.22. The number of carbonyl (C=O) groups is 2. The molecule has 5 nitrogen and oxygen atoms in total. The topological polar surface area (TPSA) is 70.2 Å². The van der Waals surface area contributed by atoms with Crippen molar-refractivity contribution in [2.45, 2.75) is 25.8 Å². The number of aryl methyl sites for hydroxylation is 1. The maximum Gasteiger partial charge on any atom is 0.261 e. The van der Waals surface area contributed by atoms with E-state index in [2.05, 4.69) is 16.0 Å². The van der Waals surface area contributed by atoms with Gasteiger partial charge in [0.05, 0.1) is 20.5 Å². The van der Waals surface area contributed by atoms with Crippen LogP contribution in [0.4, 0.5) is 9.39 Å². The molecule has 0 unspecified atom stereocenters. The summed E-state index contributed by atoms with van der Waals surface area (Å²) in [5, 5.41) is 9.58. The first-order valence-corrected chi connectivity index (χ1v) is 9.52. The lowest BCUT2D eigenvalue weighted by atomic mass is 10.1. The molecule has 9 heteroatoms. The largest absolute Gasteiger partial charge is 0.347 e. The normalized spacial score (nSPS) is 16.3. The average molecular weight is 432 g/mol. The Morgan fingerprint density at radius 1 is 1.30 bits per heavy atom. The van der Waals surface area contributed by atoms with Crippen LogP contribution in [0.15, 0.2) is 24.3 Å². The lowest BCUT2D eigenvalue weighted by molar-refractivity contribution is 0.0933. The summed E-state index contributed by atoms with van der Waals surface area (Å²) in [6.45, 7) is 3.57. The van der Waals surface area contributed by atoms with Crippen molar-refractivity contribution in [3.63, 3.8) is 0 Å². The van der Waals surface area contributed by atoms with E-state index in [1.54, 1.807) is 6.07 Å². The third-order valence-electron chi connectivity index (χ3n) is 4.17. The molecule has 1 aromatic heterocycles. The molecule has 146 valence electrons. The Hall–Kier alpha value is -1.67. The molecule has 0 aliphatic carbocycles. The van der Waals surface area contributed by atoms with E-state index in [1.807, 2.05) is 6.92 Å². The summed E-state index contributed by atoms with van der Waals surface area (Å²) in [4.78, 5) is 25.4. The summed E-state index contributed by atoms with van der Waals surface area (Å²) in [5.74, 6) is -1.09. The first-order valence-electron chi connectivity index (χ1n) is 8.32. The summed E-state index contributed by atoms with van der Waals surface area (Å²) in [6.07, 6.45) is 1.99. The minimum absolute atomic E-state index is 0. The highest BCUT2D eigenvalue weighted by molar-refractivity contribution is 7.18. The van der Waals surface area contributed by atoms with Crippen molar-refractivity contribution in [1.82, 2.24) is 10.6 Å². The van der Waals surface area contributed by atoms with Crippen LogP contribution in [0.5, 0.6) is 0 Å². The van der Waals surface area contributed by atoms with E-state index in [0.717, 1.165) is 37.6 Å². The summed E-state index contributed by atoms with van der Waals surface area (Å²) in [6, 6.07) is 5.46. The van der Waals surface area contributed by atoms with Crippen LogP contribution in [0.1, 0.15) is 38.4 Å². The molecule has 0 saturated carbocycles. The van der Waals surface area contributed by atoms with Crippen LogP contribution in [0, 0.1) is 12.7 Å². The third kappa shape index (κ3) is 5.42. The van der Waals surface area contributed by atoms with Gasteiger partial charge in [0.1, 0.15) is 5.82 Å². The van der Waals surface area contributed by atoms with Crippen LogP contribution >= 0.6 is 35.3 Å². The van der Waals surface area contributed by atoms with Gasteiger partial charge in [-0.15, -0.1) is 23.7 Å². The Bertz CT molecular complexity index is 838. The molecule has 1 aromatic carbocycles. The minimum atomic E-state index is -0.505. The molecular formula is C18H20Cl2FN3O2S. The van der Waals surface area contributed by atoms with Crippen molar-refractivity contribution in [1.29, 1.82) is 0 Å². The van der Waals surface area contributed by atoms with Crippen LogP contribution in [0.2, 0.25) is 5.02 Å². The van der Waals surface area contributed by atoms with Crippen molar-refractivity contribution in [3.8, 4) is 0 Å². The summed E-state index contributed by atoms with van der Waals surface area (Å²) >= 11 is 7.13. The molecule has 1 aliphatic heterocycles. The predicted molar refractivity (Wildman–Crippen MR) is 109 cm³/mol. The van der Waals surface area contributed by atoms with Crippen molar-refractivity contribution in [3.05, 3.63) is 51.1 Å². The monoisotopic (exact) mass is 431 g/mol. The predicted octanol–water partition coefficient (Wildman–Crippen LogP) is 4.00. The number of anilines is 1. The van der Waals surface area contributed by atoms with Gasteiger partial charge in [-0.3, -0.25) is 9.59 Å². The van der Waals surface area contributed by atoms with E-state index in [9.17, 15) is 14.0 Å². The first-order chi connectivity index (χ1) is 12.4. The highest BCUT2D eigenvalue weighted by Crippen LogP contribution is 2.28. The molecule has 2 heterocycles. The lowest BCUT2D eigenvalue weighted by Gasteiger charge is -2.23. The van der Waals surface area contributed by atoms with Crippen LogP contribution in [0.3, 0.4) is 0 Å². The number of amides is 2. The molecule has 0 spiro atoms. The van der Waals surface area contributed by atoms with E-state index < -0.39 is 11.7 Å². The zero-order valence-corrected chi connectivity index (χ0v) is 17.0. The van der Waals surface area contributed by atoms with Crippen LogP contribution < -0.4 is 16.0 Å². The molecular weight excluding hydrogens is 412 g/mol. The Balaban J connectivity index is 0.00000261. The molecule has 3 rings (SSSR count). The molecule has 0 radical (unpaired) electrons. The average Bonchev–Trinajstić information content (AvgIpc) is 2.96. The van der Waals surface area contributed by atoms with Gasteiger partial charge in [0.15, 0.2) is 0 Å². The van der Waals surface area contributed by atoms with Gasteiger partial charge < -0.3 is 16.0 Å². The second-order valence-corrected chi connectivity index (χ2v) is 7.68. The number of hydrogen-bond acceptors (Lipinski definition) is 4. The number of thiophene rings is 1. The zero-order chi connectivity index (χ0) is 18.7. The van der Waals surface area contributed by atoms with E-state index in [1.165, 1.54) is 23.5 Å². The van der Waals surface area contributed by atoms with E-state index in [0.29, 0.717) is 9.88 Å². The fourth-order valence-electron chi connectivity index (χ4n) is 2.85. The number of piperidine rings is 1. The molecule has 2 amide bonds. The molecule has 1 aliphatic rings. The number of rotatable bonds is 4. The maximum absolute atomic E-state index is 13.1. The fourth-order valence-corrected chi connectivity index (χ4v) is 4.07. The molecule has 0 bridgehead atoms. The molecule has 1 fully saturated rings. The first kappa shape index (κ1) is 21.6. The molecule has 1 saturated heterocycles. The fraction of sp³-hybridized carbons (Fsp3) is 0.333. The molecule has 2 aromatic rings. The third-order valence-corrected chi connectivity index (χ3v) is 5.63. The van der Waals surface area contributed by atoms with E-state index in [-0.39, 0.29) is 34.9 Å². The van der Waals surface area contributed by atoms with Gasteiger partial charge in [-0.1, -0.05) is 11.6 Å². The summed E-state index contributed by atoms with van der Waals surface area (Å²) in [5.41, 5.74) is 0.968. The lowest BCUT2D eigenvalue weighted by Crippen LogP contribution is -2.45. The molecule has 3 N–H and O–H groups in total. The number of halogens is 3. The number of nitrogens with one attached hydrogen (secondary N) is 3. The second kappa shape index (κ2) is 9.50. The minimum Gasteiger partial charge on any atom is -0.347 e. The van der Waals surface area contributed by atoms with Crippen molar-refractivity contribution < 1.29 is 14.0 Å². The summed E-state index contributed by atoms with van der Waals surface area (Å²) < 4.78 is 13.1. The van der Waals surface area contributed by atoms with Crippen LogP contribution in [-0.4, -0.2) is 30.9 Å².